The highest BCUT2D eigenvalue weighted by molar-refractivity contribution is 5.79. The van der Waals surface area contributed by atoms with Crippen molar-refractivity contribution in [1.29, 1.82) is 0 Å². The third-order valence-electron chi connectivity index (χ3n) is 5.95. The number of aryl methyl sites for hydroxylation is 1. The monoisotopic (exact) mass is 426 g/mol. The minimum absolute atomic E-state index is 0.0545. The Morgan fingerprint density at radius 2 is 2.00 bits per heavy atom. The lowest BCUT2D eigenvalue weighted by molar-refractivity contribution is 0.0936. The summed E-state index contributed by atoms with van der Waals surface area (Å²) >= 11 is 0. The molecule has 4 rings (SSSR count). The van der Waals surface area contributed by atoms with Gasteiger partial charge in [-0.1, -0.05) is 38.3 Å². The van der Waals surface area contributed by atoms with Gasteiger partial charge in [0.05, 0.1) is 6.54 Å². The standard InChI is InChI=1S/C23H34N6O2/c1-2-22-28-27-17-29(22)13-12-24-23(25-14-18-8-4-3-5-9-18)26-15-19-16-30-20-10-6-7-11-21(20)31-19/h6-7,10-11,17-19H,2-5,8-9,12-16H2,1H3,(H2,24,25,26). The van der Waals surface area contributed by atoms with Crippen molar-refractivity contribution < 1.29 is 9.47 Å². The number of aromatic nitrogens is 3. The average molecular weight is 427 g/mol. The first kappa shape index (κ1) is 21.5. The minimum Gasteiger partial charge on any atom is -0.486 e. The molecular weight excluding hydrogens is 392 g/mol. The summed E-state index contributed by atoms with van der Waals surface area (Å²) in [5, 5.41) is 15.1. The van der Waals surface area contributed by atoms with Crippen LogP contribution in [0.5, 0.6) is 11.5 Å². The summed E-state index contributed by atoms with van der Waals surface area (Å²) in [6, 6.07) is 7.81. The zero-order valence-electron chi connectivity index (χ0n) is 18.4. The Balaban J connectivity index is 1.31. The maximum absolute atomic E-state index is 6.08. The Morgan fingerprint density at radius 1 is 1.16 bits per heavy atom. The third-order valence-corrected chi connectivity index (χ3v) is 5.95. The van der Waals surface area contributed by atoms with Crippen molar-refractivity contribution in [2.75, 3.05) is 26.2 Å². The van der Waals surface area contributed by atoms with Crippen LogP contribution in [0.25, 0.3) is 0 Å². The van der Waals surface area contributed by atoms with Crippen LogP contribution in [0.15, 0.2) is 35.6 Å². The first-order chi connectivity index (χ1) is 15.3. The van der Waals surface area contributed by atoms with E-state index < -0.39 is 0 Å². The molecule has 0 spiro atoms. The molecule has 2 aliphatic rings. The Morgan fingerprint density at radius 3 is 2.84 bits per heavy atom. The maximum Gasteiger partial charge on any atom is 0.191 e. The number of hydrogen-bond donors (Lipinski definition) is 2. The van der Waals surface area contributed by atoms with E-state index in [0.29, 0.717) is 19.1 Å². The number of fused-ring (bicyclic) bond motifs is 1. The van der Waals surface area contributed by atoms with Crippen molar-refractivity contribution in [2.24, 2.45) is 10.9 Å². The molecule has 1 saturated carbocycles. The van der Waals surface area contributed by atoms with Crippen molar-refractivity contribution in [2.45, 2.75) is 58.1 Å². The number of nitrogens with zero attached hydrogens (tertiary/aromatic N) is 4. The van der Waals surface area contributed by atoms with Gasteiger partial charge in [0.1, 0.15) is 24.9 Å². The molecule has 2 heterocycles. The minimum atomic E-state index is -0.0545. The van der Waals surface area contributed by atoms with Gasteiger partial charge in [0.2, 0.25) is 0 Å². The van der Waals surface area contributed by atoms with Crippen molar-refractivity contribution in [3.8, 4) is 11.5 Å². The lowest BCUT2D eigenvalue weighted by Crippen LogP contribution is -2.46. The lowest BCUT2D eigenvalue weighted by atomic mass is 9.89. The fraction of sp³-hybridized carbons (Fsp3) is 0.609. The van der Waals surface area contributed by atoms with E-state index in [9.17, 15) is 0 Å². The zero-order chi connectivity index (χ0) is 21.3. The zero-order valence-corrected chi connectivity index (χ0v) is 18.4. The first-order valence-corrected chi connectivity index (χ1v) is 11.6. The number of benzene rings is 1. The smallest absolute Gasteiger partial charge is 0.191 e. The summed E-state index contributed by atoms with van der Waals surface area (Å²) in [6.45, 7) is 5.69. The molecule has 1 atom stereocenters. The molecule has 1 aromatic heterocycles. The van der Waals surface area contributed by atoms with Gasteiger partial charge in [-0.2, -0.15) is 0 Å². The molecule has 0 saturated heterocycles. The van der Waals surface area contributed by atoms with Gasteiger partial charge in [-0.05, 0) is 30.9 Å². The van der Waals surface area contributed by atoms with E-state index in [-0.39, 0.29) is 6.10 Å². The summed E-state index contributed by atoms with van der Waals surface area (Å²) in [5.41, 5.74) is 0. The summed E-state index contributed by atoms with van der Waals surface area (Å²) in [4.78, 5) is 4.90. The molecule has 168 valence electrons. The molecule has 8 heteroatoms. The van der Waals surface area contributed by atoms with Crippen molar-refractivity contribution in [1.82, 2.24) is 25.4 Å². The van der Waals surface area contributed by atoms with Crippen LogP contribution in [0.1, 0.15) is 44.9 Å². The van der Waals surface area contributed by atoms with E-state index in [1.807, 2.05) is 24.3 Å². The number of hydrogen-bond acceptors (Lipinski definition) is 5. The Hall–Kier alpha value is -2.77. The molecule has 8 nitrogen and oxygen atoms in total. The highest BCUT2D eigenvalue weighted by Gasteiger charge is 2.21. The van der Waals surface area contributed by atoms with Crippen LogP contribution in [0, 0.1) is 5.92 Å². The van der Waals surface area contributed by atoms with Gasteiger partial charge in [0.15, 0.2) is 17.5 Å². The molecule has 0 radical (unpaired) electrons. The second-order valence-electron chi connectivity index (χ2n) is 8.29. The second-order valence-corrected chi connectivity index (χ2v) is 8.29. The van der Waals surface area contributed by atoms with Gasteiger partial charge >= 0.3 is 0 Å². The highest BCUT2D eigenvalue weighted by atomic mass is 16.6. The maximum atomic E-state index is 6.08. The van der Waals surface area contributed by atoms with E-state index in [2.05, 4.69) is 32.3 Å². The van der Waals surface area contributed by atoms with Crippen molar-refractivity contribution in [3.05, 3.63) is 36.4 Å². The van der Waals surface area contributed by atoms with Gasteiger partial charge in [-0.25, -0.2) is 0 Å². The third kappa shape index (κ3) is 6.12. The van der Waals surface area contributed by atoms with Crippen molar-refractivity contribution in [3.63, 3.8) is 0 Å². The number of aliphatic imine (C=N–C) groups is 1. The fourth-order valence-corrected chi connectivity index (χ4v) is 4.17. The van der Waals surface area contributed by atoms with E-state index in [4.69, 9.17) is 14.5 Å². The van der Waals surface area contributed by atoms with Gasteiger partial charge < -0.3 is 24.7 Å². The summed E-state index contributed by atoms with van der Waals surface area (Å²) in [7, 11) is 0. The number of guanidine groups is 1. The predicted molar refractivity (Wildman–Crippen MR) is 121 cm³/mol. The summed E-state index contributed by atoms with van der Waals surface area (Å²) < 4.78 is 14.0. The van der Waals surface area contributed by atoms with Crippen LogP contribution in [0.4, 0.5) is 0 Å². The van der Waals surface area contributed by atoms with Crippen LogP contribution < -0.4 is 20.1 Å². The van der Waals surface area contributed by atoms with Crippen LogP contribution in [-0.4, -0.2) is 53.1 Å². The van der Waals surface area contributed by atoms with E-state index in [1.165, 1.54) is 32.1 Å². The highest BCUT2D eigenvalue weighted by Crippen LogP contribution is 2.30. The van der Waals surface area contributed by atoms with Crippen molar-refractivity contribution >= 4 is 5.96 Å². The molecular formula is C23H34N6O2. The van der Waals surface area contributed by atoms with Gasteiger partial charge in [0, 0.05) is 26.1 Å². The molecule has 31 heavy (non-hydrogen) atoms. The summed E-state index contributed by atoms with van der Waals surface area (Å²) in [6.07, 6.45) is 9.21. The second kappa shape index (κ2) is 11.0. The Bertz CT molecular complexity index is 846. The lowest BCUT2D eigenvalue weighted by Gasteiger charge is -2.27. The fourth-order valence-electron chi connectivity index (χ4n) is 4.17. The number of nitrogens with one attached hydrogen (secondary N) is 2. The molecule has 1 fully saturated rings. The summed E-state index contributed by atoms with van der Waals surface area (Å²) in [5.74, 6) is 4.14. The topological polar surface area (TPSA) is 85.6 Å². The quantitative estimate of drug-likeness (QED) is 0.499. The van der Waals surface area contributed by atoms with E-state index in [0.717, 1.165) is 49.3 Å². The SMILES string of the molecule is CCc1nncn1CCNC(=NCC1CCCCC1)NCC1COc2ccccc2O1. The molecule has 1 aliphatic carbocycles. The largest absolute Gasteiger partial charge is 0.486 e. The molecule has 1 aromatic carbocycles. The molecule has 2 aromatic rings. The first-order valence-electron chi connectivity index (χ1n) is 11.6. The molecule has 0 bridgehead atoms. The Kier molecular flexibility index (Phi) is 7.63. The van der Waals surface area contributed by atoms with Gasteiger partial charge in [0.25, 0.3) is 0 Å². The van der Waals surface area contributed by atoms with Crippen LogP contribution in [0.2, 0.25) is 0 Å². The van der Waals surface area contributed by atoms with Gasteiger partial charge in [-0.3, -0.25) is 4.99 Å². The predicted octanol–water partition coefficient (Wildman–Crippen LogP) is 2.80. The van der Waals surface area contributed by atoms with Gasteiger partial charge in [-0.15, -0.1) is 10.2 Å². The van der Waals surface area contributed by atoms with E-state index >= 15 is 0 Å². The molecule has 2 N–H and O–H groups in total. The molecule has 0 amide bonds. The van der Waals surface area contributed by atoms with Crippen LogP contribution in [-0.2, 0) is 13.0 Å². The molecule has 1 aliphatic heterocycles. The average Bonchev–Trinajstić information content (AvgIpc) is 3.28. The molecule has 1 unspecified atom stereocenters. The number of ether oxygens (including phenoxy) is 2. The van der Waals surface area contributed by atoms with Crippen LogP contribution in [0.3, 0.4) is 0 Å². The van der Waals surface area contributed by atoms with Crippen LogP contribution >= 0.6 is 0 Å². The normalized spacial score (nSPS) is 19.3. The van der Waals surface area contributed by atoms with E-state index in [1.54, 1.807) is 6.33 Å². The number of para-hydroxylation sites is 2. The number of rotatable bonds is 8. The Labute approximate surface area is 184 Å².